The van der Waals surface area contributed by atoms with Crippen LogP contribution in [-0.4, -0.2) is 16.1 Å². The molecule has 0 aliphatic heterocycles. The zero-order chi connectivity index (χ0) is 9.68. The van der Waals surface area contributed by atoms with Gasteiger partial charge in [0.1, 0.15) is 0 Å². The van der Waals surface area contributed by atoms with Gasteiger partial charge in [0.2, 0.25) is 0 Å². The van der Waals surface area contributed by atoms with Crippen molar-refractivity contribution in [3.8, 4) is 0 Å². The Labute approximate surface area is 75.2 Å². The summed E-state index contributed by atoms with van der Waals surface area (Å²) in [5.74, 6) is 0. The first-order chi connectivity index (χ1) is 6.24. The van der Waals surface area contributed by atoms with Crippen molar-refractivity contribution in [3.05, 3.63) is 33.1 Å². The maximum Gasteiger partial charge on any atom is 0.328 e. The van der Waals surface area contributed by atoms with Crippen LogP contribution in [-0.2, 0) is 6.54 Å². The van der Waals surface area contributed by atoms with Gasteiger partial charge in [-0.15, -0.1) is 0 Å². The number of aryl methyl sites for hydroxylation is 1. The molecule has 1 aromatic rings. The van der Waals surface area contributed by atoms with Crippen molar-refractivity contribution in [1.29, 1.82) is 0 Å². The molecule has 5 nitrogen and oxygen atoms in total. The molecule has 0 aromatic carbocycles. The normalized spacial score (nSPS) is 10.2. The summed E-state index contributed by atoms with van der Waals surface area (Å²) in [6.45, 7) is 1.23. The van der Waals surface area contributed by atoms with Gasteiger partial charge in [-0.25, -0.2) is 4.79 Å². The van der Waals surface area contributed by atoms with Crippen LogP contribution in [0.1, 0.15) is 12.8 Å². The number of nitrogens with zero attached hydrogens (tertiary/aromatic N) is 1. The van der Waals surface area contributed by atoms with Crippen molar-refractivity contribution in [2.45, 2.75) is 19.4 Å². The maximum absolute atomic E-state index is 11.1. The second-order valence-electron chi connectivity index (χ2n) is 2.80. The highest BCUT2D eigenvalue weighted by Crippen LogP contribution is 1.88. The Hall–Kier alpha value is -1.36. The fourth-order valence-electron chi connectivity index (χ4n) is 1.05. The Morgan fingerprint density at radius 1 is 1.38 bits per heavy atom. The number of hydrogen-bond acceptors (Lipinski definition) is 3. The Bertz CT molecular complexity index is 366. The molecule has 13 heavy (non-hydrogen) atoms. The predicted octanol–water partition coefficient (Wildman–Crippen LogP) is -0.725. The van der Waals surface area contributed by atoms with Crippen LogP contribution in [0.5, 0.6) is 0 Å². The quantitative estimate of drug-likeness (QED) is 0.604. The lowest BCUT2D eigenvalue weighted by molar-refractivity contribution is 0.584. The molecule has 0 saturated carbocycles. The number of nitrogens with two attached hydrogens (primary N) is 1. The molecule has 1 rings (SSSR count). The molecular weight excluding hydrogens is 170 g/mol. The molecule has 5 heteroatoms. The highest BCUT2D eigenvalue weighted by atomic mass is 16.2. The van der Waals surface area contributed by atoms with E-state index in [2.05, 4.69) is 4.98 Å². The van der Waals surface area contributed by atoms with Crippen LogP contribution < -0.4 is 17.0 Å². The zero-order valence-electron chi connectivity index (χ0n) is 7.32. The lowest BCUT2D eigenvalue weighted by atomic mass is 10.3. The molecule has 3 N–H and O–H groups in total. The van der Waals surface area contributed by atoms with E-state index in [1.54, 1.807) is 0 Å². The average molecular weight is 183 g/mol. The highest BCUT2D eigenvalue weighted by molar-refractivity contribution is 4.82. The number of aromatic nitrogens is 2. The largest absolute Gasteiger partial charge is 0.330 e. The van der Waals surface area contributed by atoms with Gasteiger partial charge in [0.25, 0.3) is 5.56 Å². The van der Waals surface area contributed by atoms with Gasteiger partial charge in [-0.2, -0.15) is 0 Å². The monoisotopic (exact) mass is 183 g/mol. The minimum atomic E-state index is -0.361. The second kappa shape index (κ2) is 4.61. The third-order valence-electron chi connectivity index (χ3n) is 1.75. The van der Waals surface area contributed by atoms with E-state index in [0.717, 1.165) is 12.8 Å². The molecule has 72 valence electrons. The molecule has 1 heterocycles. The van der Waals surface area contributed by atoms with Crippen molar-refractivity contribution in [3.63, 3.8) is 0 Å². The summed E-state index contributed by atoms with van der Waals surface area (Å²) < 4.78 is 1.47. The van der Waals surface area contributed by atoms with Gasteiger partial charge in [0.15, 0.2) is 0 Å². The first kappa shape index (κ1) is 9.73. The average Bonchev–Trinajstić information content (AvgIpc) is 2.09. The Morgan fingerprint density at radius 3 is 2.77 bits per heavy atom. The Morgan fingerprint density at radius 2 is 2.15 bits per heavy atom. The SMILES string of the molecule is NCCCCn1ccc(=O)[nH]c1=O. The van der Waals surface area contributed by atoms with Crippen LogP contribution in [0.4, 0.5) is 0 Å². The van der Waals surface area contributed by atoms with Gasteiger partial charge in [-0.05, 0) is 19.4 Å². The van der Waals surface area contributed by atoms with Crippen molar-refractivity contribution in [2.75, 3.05) is 6.54 Å². The molecule has 0 unspecified atom stereocenters. The van der Waals surface area contributed by atoms with Gasteiger partial charge in [0.05, 0.1) is 0 Å². The fraction of sp³-hybridized carbons (Fsp3) is 0.500. The molecule has 1 aromatic heterocycles. The van der Waals surface area contributed by atoms with Crippen LogP contribution >= 0.6 is 0 Å². The third-order valence-corrected chi connectivity index (χ3v) is 1.75. The molecule has 0 spiro atoms. The minimum Gasteiger partial charge on any atom is -0.330 e. The van der Waals surface area contributed by atoms with E-state index in [4.69, 9.17) is 5.73 Å². The predicted molar refractivity (Wildman–Crippen MR) is 49.6 cm³/mol. The summed E-state index contributed by atoms with van der Waals surface area (Å²) >= 11 is 0. The van der Waals surface area contributed by atoms with E-state index in [1.807, 2.05) is 0 Å². The van der Waals surface area contributed by atoms with Gasteiger partial charge in [0, 0.05) is 18.8 Å². The van der Waals surface area contributed by atoms with Crippen LogP contribution in [0.15, 0.2) is 21.9 Å². The summed E-state index contributed by atoms with van der Waals surface area (Å²) in [4.78, 5) is 24.0. The van der Waals surface area contributed by atoms with Gasteiger partial charge in [-0.3, -0.25) is 9.78 Å². The van der Waals surface area contributed by atoms with E-state index in [1.165, 1.54) is 16.8 Å². The van der Waals surface area contributed by atoms with Crippen LogP contribution in [0, 0.1) is 0 Å². The topological polar surface area (TPSA) is 80.9 Å². The minimum absolute atomic E-state index is 0.357. The third kappa shape index (κ3) is 2.87. The number of hydrogen-bond donors (Lipinski definition) is 2. The highest BCUT2D eigenvalue weighted by Gasteiger charge is 1.94. The summed E-state index contributed by atoms with van der Waals surface area (Å²) in [5, 5.41) is 0. The first-order valence-corrected chi connectivity index (χ1v) is 4.24. The molecular formula is C8H13N3O2. The smallest absolute Gasteiger partial charge is 0.328 e. The molecule has 0 saturated heterocycles. The fourth-order valence-corrected chi connectivity index (χ4v) is 1.05. The molecule has 0 aliphatic rings. The molecule has 0 amide bonds. The molecule has 0 radical (unpaired) electrons. The summed E-state index contributed by atoms with van der Waals surface area (Å²) in [6, 6.07) is 1.34. The first-order valence-electron chi connectivity index (χ1n) is 4.24. The van der Waals surface area contributed by atoms with Crippen molar-refractivity contribution in [2.24, 2.45) is 5.73 Å². The van der Waals surface area contributed by atoms with Crippen molar-refractivity contribution < 1.29 is 0 Å². The van der Waals surface area contributed by atoms with Crippen LogP contribution in [0.3, 0.4) is 0 Å². The number of rotatable bonds is 4. The Balaban J connectivity index is 2.67. The van der Waals surface area contributed by atoms with Gasteiger partial charge >= 0.3 is 5.69 Å². The van der Waals surface area contributed by atoms with Crippen LogP contribution in [0.2, 0.25) is 0 Å². The van der Waals surface area contributed by atoms with Gasteiger partial charge in [-0.1, -0.05) is 0 Å². The number of nitrogens with one attached hydrogen (secondary N) is 1. The van der Waals surface area contributed by atoms with Gasteiger partial charge < -0.3 is 10.3 Å². The van der Waals surface area contributed by atoms with Crippen molar-refractivity contribution >= 4 is 0 Å². The molecule has 0 atom stereocenters. The van der Waals surface area contributed by atoms with E-state index >= 15 is 0 Å². The molecule has 0 aliphatic carbocycles. The summed E-state index contributed by atoms with van der Waals surface area (Å²) in [7, 11) is 0. The summed E-state index contributed by atoms with van der Waals surface area (Å²) in [6.07, 6.45) is 3.23. The Kier molecular flexibility index (Phi) is 3.45. The molecule has 0 fully saturated rings. The second-order valence-corrected chi connectivity index (χ2v) is 2.80. The number of unbranched alkanes of at least 4 members (excludes halogenated alkanes) is 1. The van der Waals surface area contributed by atoms with E-state index < -0.39 is 0 Å². The lowest BCUT2D eigenvalue weighted by Crippen LogP contribution is -2.28. The molecule has 0 bridgehead atoms. The standard InChI is InChI=1S/C8H13N3O2/c9-4-1-2-5-11-6-3-7(12)10-8(11)13/h3,6H,1-2,4-5,9H2,(H,10,12,13). The maximum atomic E-state index is 11.1. The van der Waals surface area contributed by atoms with Crippen LogP contribution in [0.25, 0.3) is 0 Å². The van der Waals surface area contributed by atoms with E-state index in [-0.39, 0.29) is 11.2 Å². The summed E-state index contributed by atoms with van der Waals surface area (Å²) in [5.41, 5.74) is 4.59. The lowest BCUT2D eigenvalue weighted by Gasteiger charge is -2.02. The number of aromatic amines is 1. The van der Waals surface area contributed by atoms with E-state index in [0.29, 0.717) is 13.1 Å². The number of H-pyrrole nitrogens is 1. The zero-order valence-corrected chi connectivity index (χ0v) is 7.32. The van der Waals surface area contributed by atoms with Crippen molar-refractivity contribution in [1.82, 2.24) is 9.55 Å². The van der Waals surface area contributed by atoms with E-state index in [9.17, 15) is 9.59 Å².